The first-order valence-electron chi connectivity index (χ1n) is 3.57. The average molecular weight is 236 g/mol. The quantitative estimate of drug-likeness (QED) is 0.373. The van der Waals surface area contributed by atoms with Gasteiger partial charge in [-0.05, 0) is 0 Å². The lowest BCUT2D eigenvalue weighted by atomic mass is 10.1. The number of carboxylic acid groups (broad SMARTS) is 2. The largest absolute Gasteiger partial charge is 0.545 e. The Bertz CT molecular complexity index is 453. The van der Waals surface area contributed by atoms with Crippen molar-refractivity contribution in [1.82, 2.24) is 0 Å². The van der Waals surface area contributed by atoms with Crippen molar-refractivity contribution in [3.63, 3.8) is 0 Å². The Morgan fingerprint density at radius 2 is 0.938 bits per heavy atom. The number of hydrogen-bond donors (Lipinski definition) is 0. The highest BCUT2D eigenvalue weighted by atomic mass is 19.2. The summed E-state index contributed by atoms with van der Waals surface area (Å²) in [7, 11) is 0. The van der Waals surface area contributed by atoms with Gasteiger partial charge in [-0.25, -0.2) is 17.6 Å². The summed E-state index contributed by atoms with van der Waals surface area (Å²) in [5.41, 5.74) is -3.87. The van der Waals surface area contributed by atoms with Gasteiger partial charge < -0.3 is 19.8 Å². The molecule has 16 heavy (non-hydrogen) atoms. The van der Waals surface area contributed by atoms with Gasteiger partial charge >= 0.3 is 0 Å². The molecule has 0 saturated carbocycles. The molecule has 0 aliphatic carbocycles. The number of carbonyl (C=O) groups is 2. The van der Waals surface area contributed by atoms with Gasteiger partial charge in [0.2, 0.25) is 0 Å². The lowest BCUT2D eigenvalue weighted by Gasteiger charge is -2.14. The van der Waals surface area contributed by atoms with Crippen molar-refractivity contribution in [3.05, 3.63) is 34.4 Å². The minimum Gasteiger partial charge on any atom is -0.545 e. The molecular weight excluding hydrogens is 236 g/mol. The van der Waals surface area contributed by atoms with Crippen molar-refractivity contribution in [2.24, 2.45) is 0 Å². The lowest BCUT2D eigenvalue weighted by molar-refractivity contribution is -0.260. The van der Waals surface area contributed by atoms with E-state index in [9.17, 15) is 37.4 Å². The number of halogens is 4. The van der Waals surface area contributed by atoms with E-state index in [1.54, 1.807) is 0 Å². The first-order valence-corrected chi connectivity index (χ1v) is 3.57. The van der Waals surface area contributed by atoms with Crippen LogP contribution in [0.3, 0.4) is 0 Å². The Morgan fingerprint density at radius 3 is 1.12 bits per heavy atom. The summed E-state index contributed by atoms with van der Waals surface area (Å²) in [5.74, 6) is -14.6. The molecule has 0 radical (unpaired) electrons. The molecule has 1 rings (SSSR count). The summed E-state index contributed by atoms with van der Waals surface area (Å²) in [6.07, 6.45) is 0. The summed E-state index contributed by atoms with van der Waals surface area (Å²) in [4.78, 5) is 20.5. The first-order chi connectivity index (χ1) is 7.29. The highest BCUT2D eigenvalue weighted by Crippen LogP contribution is 2.23. The molecule has 8 heteroatoms. The summed E-state index contributed by atoms with van der Waals surface area (Å²) in [6, 6.07) is 0. The molecule has 0 bridgehead atoms. The van der Waals surface area contributed by atoms with Gasteiger partial charge in [-0.2, -0.15) is 0 Å². The zero-order valence-corrected chi connectivity index (χ0v) is 7.14. The molecule has 1 aromatic rings. The highest BCUT2D eigenvalue weighted by Gasteiger charge is 2.26. The summed E-state index contributed by atoms with van der Waals surface area (Å²) in [5, 5.41) is 20.5. The molecule has 0 unspecified atom stereocenters. The number of benzene rings is 1. The van der Waals surface area contributed by atoms with Crippen LogP contribution < -0.4 is 10.2 Å². The molecule has 0 N–H and O–H groups in total. The summed E-state index contributed by atoms with van der Waals surface area (Å²) in [6.45, 7) is 0. The Kier molecular flexibility index (Phi) is 2.84. The van der Waals surface area contributed by atoms with Crippen LogP contribution in [0.5, 0.6) is 0 Å². The molecule has 0 aromatic heterocycles. The topological polar surface area (TPSA) is 80.3 Å². The van der Waals surface area contributed by atoms with Crippen LogP contribution in [0.25, 0.3) is 0 Å². The van der Waals surface area contributed by atoms with Crippen LogP contribution >= 0.6 is 0 Å². The molecule has 0 heterocycles. The Balaban J connectivity index is 3.83. The van der Waals surface area contributed by atoms with Gasteiger partial charge in [-0.15, -0.1) is 0 Å². The van der Waals surface area contributed by atoms with Crippen molar-refractivity contribution in [2.45, 2.75) is 0 Å². The van der Waals surface area contributed by atoms with E-state index in [0.717, 1.165) is 0 Å². The van der Waals surface area contributed by atoms with Gasteiger partial charge in [0.15, 0.2) is 23.3 Å². The molecule has 86 valence electrons. The summed E-state index contributed by atoms with van der Waals surface area (Å²) >= 11 is 0. The number of rotatable bonds is 2. The van der Waals surface area contributed by atoms with Crippen LogP contribution in [0.4, 0.5) is 17.6 Å². The van der Waals surface area contributed by atoms with E-state index in [2.05, 4.69) is 0 Å². The van der Waals surface area contributed by atoms with Crippen molar-refractivity contribution >= 4 is 11.9 Å². The first kappa shape index (κ1) is 12.0. The van der Waals surface area contributed by atoms with Crippen molar-refractivity contribution in [3.8, 4) is 0 Å². The van der Waals surface area contributed by atoms with Crippen LogP contribution in [0.15, 0.2) is 0 Å². The van der Waals surface area contributed by atoms with Gasteiger partial charge in [0.05, 0.1) is 11.9 Å². The van der Waals surface area contributed by atoms with E-state index in [1.807, 2.05) is 0 Å². The smallest absolute Gasteiger partial charge is 0.198 e. The van der Waals surface area contributed by atoms with Gasteiger partial charge in [-0.1, -0.05) is 0 Å². The normalized spacial score (nSPS) is 10.2. The molecule has 0 amide bonds. The predicted molar refractivity (Wildman–Crippen MR) is 34.9 cm³/mol. The zero-order valence-electron chi connectivity index (χ0n) is 7.14. The molecule has 0 fully saturated rings. The standard InChI is InChI=1S/C8H2F4O4/c9-3-1(7(13)14)2(8(15)16)4(10)6(12)5(3)11/h(H,13,14)(H,15,16)/p-2. The molecule has 0 saturated heterocycles. The second-order valence-corrected chi connectivity index (χ2v) is 2.58. The second-order valence-electron chi connectivity index (χ2n) is 2.58. The van der Waals surface area contributed by atoms with Gasteiger partial charge in [0, 0.05) is 11.1 Å². The predicted octanol–water partition coefficient (Wildman–Crippen LogP) is -1.03. The van der Waals surface area contributed by atoms with Crippen LogP contribution in [-0.4, -0.2) is 11.9 Å². The summed E-state index contributed by atoms with van der Waals surface area (Å²) < 4.78 is 50.8. The van der Waals surface area contributed by atoms with Crippen LogP contribution in [-0.2, 0) is 0 Å². The van der Waals surface area contributed by atoms with Crippen molar-refractivity contribution in [1.29, 1.82) is 0 Å². The number of carboxylic acids is 2. The Morgan fingerprint density at radius 1 is 0.688 bits per heavy atom. The van der Waals surface area contributed by atoms with E-state index in [1.165, 1.54) is 0 Å². The lowest BCUT2D eigenvalue weighted by Crippen LogP contribution is -2.33. The molecular formula is C8F4O4-2. The molecule has 4 nitrogen and oxygen atoms in total. The average Bonchev–Trinajstić information content (AvgIpc) is 2.18. The third-order valence-corrected chi connectivity index (χ3v) is 1.68. The maximum absolute atomic E-state index is 12.8. The van der Waals surface area contributed by atoms with Crippen molar-refractivity contribution < 1.29 is 37.4 Å². The van der Waals surface area contributed by atoms with Gasteiger partial charge in [0.25, 0.3) is 0 Å². The SMILES string of the molecule is O=C([O-])c1c(F)c(F)c(F)c(F)c1C(=O)[O-]. The van der Waals surface area contributed by atoms with E-state index in [0.29, 0.717) is 0 Å². The van der Waals surface area contributed by atoms with Crippen molar-refractivity contribution in [2.75, 3.05) is 0 Å². The van der Waals surface area contributed by atoms with Crippen LogP contribution in [0.2, 0.25) is 0 Å². The fraction of sp³-hybridized carbons (Fsp3) is 0. The van der Waals surface area contributed by atoms with E-state index in [-0.39, 0.29) is 0 Å². The zero-order chi connectivity index (χ0) is 12.6. The minimum atomic E-state index is -2.51. The van der Waals surface area contributed by atoms with Crippen LogP contribution in [0, 0.1) is 23.3 Å². The number of carbonyl (C=O) groups excluding carboxylic acids is 2. The molecule has 1 aromatic carbocycles. The van der Waals surface area contributed by atoms with E-state index in [4.69, 9.17) is 0 Å². The highest BCUT2D eigenvalue weighted by molar-refractivity contribution is 6.00. The molecule has 0 atom stereocenters. The van der Waals surface area contributed by atoms with Crippen LogP contribution in [0.1, 0.15) is 20.7 Å². The fourth-order valence-corrected chi connectivity index (χ4v) is 1.02. The van der Waals surface area contributed by atoms with E-state index >= 15 is 0 Å². The van der Waals surface area contributed by atoms with E-state index < -0.39 is 46.3 Å². The Labute approximate surface area is 84.7 Å². The third kappa shape index (κ3) is 1.58. The molecule has 0 aliphatic heterocycles. The minimum absolute atomic E-state index is 1.93. The fourth-order valence-electron chi connectivity index (χ4n) is 1.02. The maximum Gasteiger partial charge on any atom is 0.198 e. The van der Waals surface area contributed by atoms with Gasteiger partial charge in [-0.3, -0.25) is 0 Å². The second kappa shape index (κ2) is 3.80. The molecule has 0 aliphatic rings. The third-order valence-electron chi connectivity index (χ3n) is 1.68. The monoisotopic (exact) mass is 236 g/mol. The number of aromatic carboxylic acids is 2. The molecule has 0 spiro atoms. The number of hydrogen-bond acceptors (Lipinski definition) is 4. The van der Waals surface area contributed by atoms with Gasteiger partial charge in [0.1, 0.15) is 0 Å². The Hall–Kier alpha value is -2.12. The maximum atomic E-state index is 12.8.